The van der Waals surface area contributed by atoms with Crippen LogP contribution in [0.3, 0.4) is 0 Å². The molecule has 8 nitrogen and oxygen atoms in total. The monoisotopic (exact) mass is 329 g/mol. The largest absolute Gasteiger partial charge is 0.505 e. The van der Waals surface area contributed by atoms with Crippen LogP contribution >= 0.6 is 12.2 Å². The van der Waals surface area contributed by atoms with Gasteiger partial charge in [0.25, 0.3) is 5.69 Å². The molecule has 0 aromatic heterocycles. The van der Waals surface area contributed by atoms with Crippen molar-refractivity contribution >= 4 is 38.5 Å². The van der Waals surface area contributed by atoms with Gasteiger partial charge >= 0.3 is 0 Å². The fourth-order valence-electron chi connectivity index (χ4n) is 2.72. The number of aromatic hydroxyl groups is 1. The number of nitro benzene ring substituents is 1. The second-order valence-electron chi connectivity index (χ2n) is 5.00. The Kier molecular flexibility index (Phi) is 3.02. The lowest BCUT2D eigenvalue weighted by Gasteiger charge is -2.23. The van der Waals surface area contributed by atoms with Crippen molar-refractivity contribution in [2.24, 2.45) is 0 Å². The van der Waals surface area contributed by atoms with Gasteiger partial charge in [-0.05, 0) is 18.3 Å². The van der Waals surface area contributed by atoms with E-state index in [1.54, 1.807) is 0 Å². The summed E-state index contributed by atoms with van der Waals surface area (Å²) in [7, 11) is -3.16. The Morgan fingerprint density at radius 2 is 2.14 bits per heavy atom. The molecule has 0 unspecified atom stereocenters. The van der Waals surface area contributed by atoms with Crippen molar-refractivity contribution in [2.75, 3.05) is 16.4 Å². The van der Waals surface area contributed by atoms with Crippen LogP contribution in [0.5, 0.6) is 5.75 Å². The molecule has 0 radical (unpaired) electrons. The maximum absolute atomic E-state index is 11.7. The molecule has 2 aliphatic rings. The molecule has 10 heteroatoms. The van der Waals surface area contributed by atoms with Gasteiger partial charge in [-0.15, -0.1) is 0 Å². The van der Waals surface area contributed by atoms with Gasteiger partial charge in [0.05, 0.1) is 40.3 Å². The normalized spacial score (nSPS) is 26.5. The van der Waals surface area contributed by atoms with Crippen molar-refractivity contribution < 1.29 is 18.4 Å². The molecule has 2 atom stereocenters. The van der Waals surface area contributed by atoms with Crippen LogP contribution in [0.2, 0.25) is 0 Å². The van der Waals surface area contributed by atoms with Crippen LogP contribution in [-0.4, -0.2) is 47.1 Å². The van der Waals surface area contributed by atoms with E-state index in [2.05, 4.69) is 5.32 Å². The van der Waals surface area contributed by atoms with Crippen molar-refractivity contribution in [3.05, 3.63) is 28.3 Å². The Morgan fingerprint density at radius 1 is 1.43 bits per heavy atom. The standard InChI is InChI=1S/C11H11N3O5S2/c15-10-3-6(14(16)17)1-2-8(10)13-9-5-21(18,19)4-7(9)12-11(13)20/h1-3,7,9,15H,4-5H2,(H,12,20)/t7-,9+/m1/s1. The quantitative estimate of drug-likeness (QED) is 0.448. The summed E-state index contributed by atoms with van der Waals surface area (Å²) in [6, 6.07) is 2.91. The van der Waals surface area contributed by atoms with Gasteiger partial charge in [0.2, 0.25) is 0 Å². The van der Waals surface area contributed by atoms with Crippen LogP contribution in [0.25, 0.3) is 0 Å². The number of thiocarbonyl (C=S) groups is 1. The van der Waals surface area contributed by atoms with Crippen molar-refractivity contribution in [1.82, 2.24) is 5.32 Å². The van der Waals surface area contributed by atoms with Gasteiger partial charge in [-0.25, -0.2) is 8.42 Å². The number of phenolic OH excluding ortho intramolecular Hbond substituents is 1. The zero-order valence-corrected chi connectivity index (χ0v) is 12.2. The van der Waals surface area contributed by atoms with Gasteiger partial charge in [-0.3, -0.25) is 10.1 Å². The highest BCUT2D eigenvalue weighted by atomic mass is 32.2. The topological polar surface area (TPSA) is 113 Å². The summed E-state index contributed by atoms with van der Waals surface area (Å²) in [5.74, 6) is -0.387. The predicted molar refractivity (Wildman–Crippen MR) is 79.2 cm³/mol. The van der Waals surface area contributed by atoms with E-state index < -0.39 is 20.8 Å². The number of non-ortho nitro benzene ring substituents is 1. The number of fused-ring (bicyclic) bond motifs is 1. The van der Waals surface area contributed by atoms with Gasteiger partial charge in [-0.1, -0.05) is 0 Å². The first-order valence-corrected chi connectivity index (χ1v) is 8.29. The van der Waals surface area contributed by atoms with E-state index in [0.717, 1.165) is 6.07 Å². The first kappa shape index (κ1) is 14.0. The average molecular weight is 329 g/mol. The molecule has 0 saturated carbocycles. The maximum atomic E-state index is 11.7. The van der Waals surface area contributed by atoms with Crippen LogP contribution in [0, 0.1) is 10.1 Å². The number of nitrogens with zero attached hydrogens (tertiary/aromatic N) is 2. The predicted octanol–water partition coefficient (Wildman–Crippen LogP) is 0.160. The minimum Gasteiger partial charge on any atom is -0.505 e. The molecule has 2 saturated heterocycles. The Morgan fingerprint density at radius 3 is 2.76 bits per heavy atom. The summed E-state index contributed by atoms with van der Waals surface area (Å²) in [4.78, 5) is 11.6. The summed E-state index contributed by atoms with van der Waals surface area (Å²) in [5.41, 5.74) is 0.0209. The second-order valence-corrected chi connectivity index (χ2v) is 7.54. The zero-order chi connectivity index (χ0) is 15.4. The van der Waals surface area contributed by atoms with E-state index in [1.807, 2.05) is 0 Å². The van der Waals surface area contributed by atoms with Crippen LogP contribution in [-0.2, 0) is 9.84 Å². The molecule has 21 heavy (non-hydrogen) atoms. The molecule has 2 N–H and O–H groups in total. The first-order valence-electron chi connectivity index (χ1n) is 6.06. The molecular formula is C11H11N3O5S2. The number of sulfone groups is 1. The summed E-state index contributed by atoms with van der Waals surface area (Å²) >= 11 is 5.17. The first-order chi connectivity index (χ1) is 9.78. The Labute approximate surface area is 125 Å². The van der Waals surface area contributed by atoms with Crippen molar-refractivity contribution in [3.63, 3.8) is 0 Å². The van der Waals surface area contributed by atoms with Gasteiger partial charge in [0, 0.05) is 6.07 Å². The number of nitro groups is 1. The minimum absolute atomic E-state index is 0.0119. The second kappa shape index (κ2) is 4.53. The number of nitrogens with one attached hydrogen (secondary N) is 1. The lowest BCUT2D eigenvalue weighted by atomic mass is 10.1. The van der Waals surface area contributed by atoms with Crippen molar-refractivity contribution in [1.29, 1.82) is 0 Å². The van der Waals surface area contributed by atoms with E-state index >= 15 is 0 Å². The van der Waals surface area contributed by atoms with Crippen molar-refractivity contribution in [2.45, 2.75) is 12.1 Å². The summed E-state index contributed by atoms with van der Waals surface area (Å²) in [5, 5.41) is 23.9. The third kappa shape index (κ3) is 2.29. The SMILES string of the molecule is O=[N+]([O-])c1ccc(N2C(=S)N[C@@H]3CS(=O)(=O)C[C@@H]32)c(O)c1. The average Bonchev–Trinajstić information content (AvgIpc) is 2.80. The van der Waals surface area contributed by atoms with E-state index in [0.29, 0.717) is 5.11 Å². The van der Waals surface area contributed by atoms with Gasteiger partial charge in [-0.2, -0.15) is 0 Å². The number of phenols is 1. The molecule has 2 heterocycles. The summed E-state index contributed by atoms with van der Waals surface area (Å²) < 4.78 is 23.4. The lowest BCUT2D eigenvalue weighted by molar-refractivity contribution is -0.384. The van der Waals surface area contributed by atoms with E-state index in [9.17, 15) is 23.6 Å². The Balaban J connectivity index is 2.00. The highest BCUT2D eigenvalue weighted by Gasteiger charge is 2.48. The Bertz CT molecular complexity index is 748. The molecule has 112 valence electrons. The molecule has 1 aromatic rings. The van der Waals surface area contributed by atoms with Gasteiger partial charge < -0.3 is 15.3 Å². The number of hydrogen-bond acceptors (Lipinski definition) is 6. The number of hydrogen-bond donors (Lipinski definition) is 2. The molecule has 0 amide bonds. The summed E-state index contributed by atoms with van der Waals surface area (Å²) in [6.07, 6.45) is 0. The van der Waals surface area contributed by atoms with Crippen molar-refractivity contribution in [3.8, 4) is 5.75 Å². The fourth-order valence-corrected chi connectivity index (χ4v) is 4.99. The van der Waals surface area contributed by atoms with Gasteiger partial charge in [0.15, 0.2) is 14.9 Å². The highest BCUT2D eigenvalue weighted by Crippen LogP contribution is 2.36. The molecule has 1 aromatic carbocycles. The van der Waals surface area contributed by atoms with Crippen LogP contribution < -0.4 is 10.2 Å². The molecule has 0 bridgehead atoms. The fraction of sp³-hybridized carbons (Fsp3) is 0.364. The van der Waals surface area contributed by atoms with E-state index in [4.69, 9.17) is 12.2 Å². The summed E-state index contributed by atoms with van der Waals surface area (Å²) in [6.45, 7) is 0. The molecule has 2 aliphatic heterocycles. The van der Waals surface area contributed by atoms with Crippen LogP contribution in [0.4, 0.5) is 11.4 Å². The highest BCUT2D eigenvalue weighted by molar-refractivity contribution is 7.91. The number of rotatable bonds is 2. The smallest absolute Gasteiger partial charge is 0.273 e. The molecule has 0 spiro atoms. The minimum atomic E-state index is -3.16. The van der Waals surface area contributed by atoms with Gasteiger partial charge in [0.1, 0.15) is 5.75 Å². The molecule has 0 aliphatic carbocycles. The molecule has 2 fully saturated rings. The molecular weight excluding hydrogens is 318 g/mol. The molecule has 3 rings (SSSR count). The zero-order valence-electron chi connectivity index (χ0n) is 10.6. The lowest BCUT2D eigenvalue weighted by Crippen LogP contribution is -2.36. The third-order valence-corrected chi connectivity index (χ3v) is 5.64. The van der Waals surface area contributed by atoms with Crippen LogP contribution in [0.15, 0.2) is 18.2 Å². The number of benzene rings is 1. The van der Waals surface area contributed by atoms with Crippen LogP contribution in [0.1, 0.15) is 0 Å². The van der Waals surface area contributed by atoms with E-state index in [-0.39, 0.29) is 34.7 Å². The third-order valence-electron chi connectivity index (χ3n) is 3.61. The Hall–Kier alpha value is -1.94. The maximum Gasteiger partial charge on any atom is 0.273 e. The van der Waals surface area contributed by atoms with E-state index in [1.165, 1.54) is 17.0 Å². The number of anilines is 1.